The van der Waals surface area contributed by atoms with Gasteiger partial charge in [0.25, 0.3) is 5.91 Å². The summed E-state index contributed by atoms with van der Waals surface area (Å²) in [6.45, 7) is 2.22. The summed E-state index contributed by atoms with van der Waals surface area (Å²) in [5.41, 5.74) is 0.608. The lowest BCUT2D eigenvalue weighted by Crippen LogP contribution is -2.42. The van der Waals surface area contributed by atoms with Gasteiger partial charge in [0.1, 0.15) is 18.5 Å². The number of alkyl halides is 2. The Morgan fingerprint density at radius 2 is 1.73 bits per heavy atom. The molecule has 1 unspecified atom stereocenters. The first-order valence-electron chi connectivity index (χ1n) is 12.4. The van der Waals surface area contributed by atoms with Crippen LogP contribution in [0.3, 0.4) is 0 Å². The number of aliphatic hydroxyl groups excluding tert-OH is 2. The molecule has 41 heavy (non-hydrogen) atoms. The van der Waals surface area contributed by atoms with Gasteiger partial charge in [-0.2, -0.15) is 4.31 Å². The summed E-state index contributed by atoms with van der Waals surface area (Å²) in [5.74, 6) is -0.334. The first-order valence-corrected chi connectivity index (χ1v) is 14.9. The summed E-state index contributed by atoms with van der Waals surface area (Å²) < 4.78 is 33.8. The maximum absolute atomic E-state index is 12.9. The van der Waals surface area contributed by atoms with Crippen LogP contribution in [0.2, 0.25) is 0 Å². The van der Waals surface area contributed by atoms with Crippen molar-refractivity contribution in [3.05, 3.63) is 36.9 Å². The number of halogens is 2. The summed E-state index contributed by atoms with van der Waals surface area (Å²) in [6, 6.07) is 4.84. The molecule has 3 heterocycles. The highest BCUT2D eigenvalue weighted by Gasteiger charge is 2.47. The van der Waals surface area contributed by atoms with Gasteiger partial charge in [-0.15, -0.1) is 23.2 Å². The van der Waals surface area contributed by atoms with Gasteiger partial charge in [0, 0.05) is 37.1 Å². The molecule has 0 spiro atoms. The maximum atomic E-state index is 12.9. The number of aromatic nitrogens is 4. The van der Waals surface area contributed by atoms with Crippen molar-refractivity contribution in [1.82, 2.24) is 29.1 Å². The van der Waals surface area contributed by atoms with Gasteiger partial charge in [-0.3, -0.25) is 14.7 Å². The molecule has 18 heteroatoms. The highest BCUT2D eigenvalue weighted by molar-refractivity contribution is 7.89. The molecule has 1 saturated heterocycles. The normalized spacial score (nSPS) is 20.8. The third-order valence-electron chi connectivity index (χ3n) is 6.13. The van der Waals surface area contributed by atoms with Gasteiger partial charge in [0.2, 0.25) is 10.0 Å². The number of likely N-dealkylation sites (N-methyl/N-ethyl adjacent to an activating group) is 1. The quantitative estimate of drug-likeness (QED) is 0.188. The molecule has 4 atom stereocenters. The SMILES string of the molecule is CCNC(=O)[C@H]1O[C@@H](n2cnc3c(NC(=O)Nc4ccc(S(=O)(=O)N(CCCl)CCCl)cc4)ncnc32)[C@@H](O)C1O. The zero-order chi connectivity index (χ0) is 29.7. The van der Waals surface area contributed by atoms with Gasteiger partial charge in [-0.05, 0) is 31.2 Å². The lowest BCUT2D eigenvalue weighted by atomic mass is 10.1. The smallest absolute Gasteiger partial charge is 0.324 e. The predicted molar refractivity (Wildman–Crippen MR) is 149 cm³/mol. The van der Waals surface area contributed by atoms with Gasteiger partial charge in [0.15, 0.2) is 29.3 Å². The minimum atomic E-state index is -3.82. The van der Waals surface area contributed by atoms with E-state index in [1.54, 1.807) is 6.92 Å². The molecule has 3 amide bonds. The van der Waals surface area contributed by atoms with Crippen molar-refractivity contribution in [2.24, 2.45) is 0 Å². The molecule has 4 rings (SSSR count). The third-order valence-corrected chi connectivity index (χ3v) is 8.38. The Kier molecular flexibility index (Phi) is 9.96. The van der Waals surface area contributed by atoms with E-state index in [0.29, 0.717) is 12.2 Å². The molecule has 2 aromatic heterocycles. The molecule has 1 aliphatic rings. The molecule has 1 fully saturated rings. The molecule has 1 aromatic carbocycles. The number of nitrogens with one attached hydrogen (secondary N) is 3. The Morgan fingerprint density at radius 3 is 2.37 bits per heavy atom. The number of anilines is 2. The van der Waals surface area contributed by atoms with E-state index in [4.69, 9.17) is 27.9 Å². The third kappa shape index (κ3) is 6.53. The number of fused-ring (bicyclic) bond motifs is 1. The Balaban J connectivity index is 1.47. The highest BCUT2D eigenvalue weighted by Crippen LogP contribution is 2.32. The standard InChI is InChI=1S/C23H28Cl2N8O7S/c1-2-26-21(36)18-16(34)17(35)22(40-18)33-12-29-15-19(27-11-28-20(15)33)31-23(37)30-13-3-5-14(6-4-13)41(38,39)32(9-7-24)10-8-25/h3-6,11-12,16-18,22,34-35H,2,7-10H2,1H3,(H,26,36)(H2,27,28,30,31,37)/t16?,17-,18-,22+/m0/s1. The van der Waals surface area contributed by atoms with Crippen LogP contribution in [0.25, 0.3) is 11.2 Å². The largest absolute Gasteiger partial charge is 0.387 e. The summed E-state index contributed by atoms with van der Waals surface area (Å²) in [5, 5.41) is 28.5. The second-order valence-electron chi connectivity index (χ2n) is 8.75. The molecule has 3 aromatic rings. The van der Waals surface area contributed by atoms with Crippen molar-refractivity contribution in [3.8, 4) is 0 Å². The molecular formula is C23H28Cl2N8O7S. The highest BCUT2D eigenvalue weighted by atomic mass is 35.5. The zero-order valence-electron chi connectivity index (χ0n) is 21.6. The van der Waals surface area contributed by atoms with Crippen molar-refractivity contribution in [2.45, 2.75) is 36.4 Å². The molecular weight excluding hydrogens is 603 g/mol. The lowest BCUT2D eigenvalue weighted by molar-refractivity contribution is -0.137. The second kappa shape index (κ2) is 13.2. The number of amides is 3. The van der Waals surface area contributed by atoms with E-state index in [1.165, 1.54) is 39.5 Å². The predicted octanol–water partition coefficient (Wildman–Crippen LogP) is 0.694. The number of hydrogen-bond acceptors (Lipinski definition) is 10. The lowest BCUT2D eigenvalue weighted by Gasteiger charge is -2.20. The van der Waals surface area contributed by atoms with E-state index >= 15 is 0 Å². The van der Waals surface area contributed by atoms with Crippen molar-refractivity contribution in [2.75, 3.05) is 42.0 Å². The average molecular weight is 631 g/mol. The molecule has 222 valence electrons. The molecule has 1 aliphatic heterocycles. The zero-order valence-corrected chi connectivity index (χ0v) is 24.0. The fourth-order valence-electron chi connectivity index (χ4n) is 4.18. The van der Waals surface area contributed by atoms with Crippen LogP contribution in [0.4, 0.5) is 16.3 Å². The van der Waals surface area contributed by atoms with Crippen LogP contribution in [0.1, 0.15) is 13.2 Å². The first kappa shape index (κ1) is 30.8. The average Bonchev–Trinajstić information content (AvgIpc) is 3.50. The minimum Gasteiger partial charge on any atom is -0.387 e. The van der Waals surface area contributed by atoms with Crippen molar-refractivity contribution >= 4 is 67.8 Å². The maximum Gasteiger partial charge on any atom is 0.324 e. The van der Waals surface area contributed by atoms with E-state index in [9.17, 15) is 28.2 Å². The number of nitrogens with zero attached hydrogens (tertiary/aromatic N) is 5. The monoisotopic (exact) mass is 630 g/mol. The number of rotatable bonds is 11. The van der Waals surface area contributed by atoms with E-state index in [1.807, 2.05) is 0 Å². The van der Waals surface area contributed by atoms with Crippen LogP contribution in [-0.2, 0) is 19.6 Å². The van der Waals surface area contributed by atoms with Gasteiger partial charge >= 0.3 is 6.03 Å². The van der Waals surface area contributed by atoms with Crippen molar-refractivity contribution < 1.29 is 33.0 Å². The number of benzene rings is 1. The molecule has 0 saturated carbocycles. The Morgan fingerprint density at radius 1 is 1.05 bits per heavy atom. The van der Waals surface area contributed by atoms with Crippen molar-refractivity contribution in [3.63, 3.8) is 0 Å². The number of imidazole rings is 1. The number of carbonyl (C=O) groups excluding carboxylic acids is 2. The second-order valence-corrected chi connectivity index (χ2v) is 11.4. The summed E-state index contributed by atoms with van der Waals surface area (Å²) in [7, 11) is -3.82. The number of carbonyl (C=O) groups is 2. The van der Waals surface area contributed by atoms with Gasteiger partial charge in [-0.25, -0.2) is 28.2 Å². The van der Waals surface area contributed by atoms with Crippen LogP contribution in [0, 0.1) is 0 Å². The van der Waals surface area contributed by atoms with Gasteiger partial charge in [0.05, 0.1) is 11.2 Å². The van der Waals surface area contributed by atoms with E-state index in [0.717, 1.165) is 6.33 Å². The first-order chi connectivity index (χ1) is 19.6. The van der Waals surface area contributed by atoms with Crippen LogP contribution >= 0.6 is 23.2 Å². The summed E-state index contributed by atoms with van der Waals surface area (Å²) in [6.07, 6.45) is -3.00. The molecule has 5 N–H and O–H groups in total. The number of hydrogen-bond donors (Lipinski definition) is 5. The molecule has 0 radical (unpaired) electrons. The minimum absolute atomic E-state index is 0.0117. The molecule has 0 bridgehead atoms. The number of aliphatic hydroxyl groups is 2. The number of sulfonamides is 1. The molecule has 0 aliphatic carbocycles. The molecule has 15 nitrogen and oxygen atoms in total. The van der Waals surface area contributed by atoms with Crippen LogP contribution in [0.5, 0.6) is 0 Å². The van der Waals surface area contributed by atoms with E-state index in [2.05, 4.69) is 30.9 Å². The van der Waals surface area contributed by atoms with Crippen molar-refractivity contribution in [1.29, 1.82) is 0 Å². The summed E-state index contributed by atoms with van der Waals surface area (Å²) in [4.78, 5) is 37.3. The van der Waals surface area contributed by atoms with Crippen LogP contribution in [0.15, 0.2) is 41.8 Å². The topological polar surface area (TPSA) is 201 Å². The van der Waals surface area contributed by atoms with Gasteiger partial charge < -0.3 is 25.6 Å². The van der Waals surface area contributed by atoms with E-state index < -0.39 is 46.5 Å². The summed E-state index contributed by atoms with van der Waals surface area (Å²) >= 11 is 11.4. The Labute approximate surface area is 244 Å². The number of ether oxygens (including phenoxy) is 1. The van der Waals surface area contributed by atoms with Crippen LogP contribution in [-0.4, -0.2) is 104 Å². The fourth-order valence-corrected chi connectivity index (χ4v) is 6.23. The van der Waals surface area contributed by atoms with Gasteiger partial charge in [-0.1, -0.05) is 0 Å². The fraction of sp³-hybridized carbons (Fsp3) is 0.435. The Hall–Kier alpha value is -3.12. The number of urea groups is 1. The van der Waals surface area contributed by atoms with E-state index in [-0.39, 0.29) is 46.7 Å². The van der Waals surface area contributed by atoms with Crippen LogP contribution < -0.4 is 16.0 Å². The Bertz CT molecular complexity index is 1480.